The summed E-state index contributed by atoms with van der Waals surface area (Å²) in [6.45, 7) is 2.54. The largest absolute Gasteiger partial charge is 0.370 e. The number of benzene rings is 2. The Morgan fingerprint density at radius 2 is 1.78 bits per heavy atom. The number of carbonyl (C=O) groups is 1. The number of rotatable bonds is 7. The van der Waals surface area contributed by atoms with Gasteiger partial charge in [0.05, 0.1) is 0 Å². The van der Waals surface area contributed by atoms with Gasteiger partial charge in [-0.05, 0) is 49.6 Å². The molecule has 27 heavy (non-hydrogen) atoms. The highest BCUT2D eigenvalue weighted by atomic mass is 35.5. The zero-order valence-electron chi connectivity index (χ0n) is 15.1. The van der Waals surface area contributed by atoms with Gasteiger partial charge < -0.3 is 10.6 Å². The highest BCUT2D eigenvalue weighted by Crippen LogP contribution is 2.15. The summed E-state index contributed by atoms with van der Waals surface area (Å²) in [5.41, 5.74) is 2.29. The molecule has 0 spiro atoms. The monoisotopic (exact) mass is 380 g/mol. The molecule has 0 fully saturated rings. The van der Waals surface area contributed by atoms with Gasteiger partial charge >= 0.3 is 0 Å². The average molecular weight is 381 g/mol. The molecular weight excluding hydrogens is 360 g/mol. The predicted octanol–water partition coefficient (Wildman–Crippen LogP) is 4.74. The van der Waals surface area contributed by atoms with Crippen LogP contribution in [0.2, 0.25) is 5.02 Å². The summed E-state index contributed by atoms with van der Waals surface area (Å²) in [6.07, 6.45) is 1.96. The van der Waals surface area contributed by atoms with Crippen LogP contribution in [0.1, 0.15) is 28.3 Å². The average Bonchev–Trinajstić information content (AvgIpc) is 2.67. The normalized spacial score (nSPS) is 10.4. The first-order valence-electron chi connectivity index (χ1n) is 8.80. The second-order valence-corrected chi connectivity index (χ2v) is 6.60. The van der Waals surface area contributed by atoms with E-state index in [1.807, 2.05) is 18.2 Å². The molecule has 3 rings (SSSR count). The van der Waals surface area contributed by atoms with Crippen molar-refractivity contribution in [2.45, 2.75) is 19.8 Å². The van der Waals surface area contributed by atoms with Crippen molar-refractivity contribution in [1.82, 2.24) is 9.97 Å². The van der Waals surface area contributed by atoms with Gasteiger partial charge in [0.1, 0.15) is 17.3 Å². The molecule has 1 aromatic heterocycles. The van der Waals surface area contributed by atoms with Crippen molar-refractivity contribution >= 4 is 29.0 Å². The van der Waals surface area contributed by atoms with Gasteiger partial charge in [-0.3, -0.25) is 4.79 Å². The molecule has 2 aromatic carbocycles. The highest BCUT2D eigenvalue weighted by Gasteiger charge is 2.11. The Bertz CT molecular complexity index is 898. The van der Waals surface area contributed by atoms with Crippen molar-refractivity contribution in [3.63, 3.8) is 0 Å². The van der Waals surface area contributed by atoms with Crippen molar-refractivity contribution in [2.24, 2.45) is 0 Å². The number of amides is 1. The first kappa shape index (κ1) is 18.9. The molecule has 138 valence electrons. The van der Waals surface area contributed by atoms with Gasteiger partial charge in [-0.2, -0.15) is 0 Å². The van der Waals surface area contributed by atoms with E-state index >= 15 is 0 Å². The van der Waals surface area contributed by atoms with E-state index in [4.69, 9.17) is 11.6 Å². The lowest BCUT2D eigenvalue weighted by Gasteiger charge is -2.09. The molecule has 0 unspecified atom stereocenters. The highest BCUT2D eigenvalue weighted by molar-refractivity contribution is 6.30. The van der Waals surface area contributed by atoms with E-state index in [0.29, 0.717) is 28.0 Å². The SMILES string of the molecule is Cc1nc(NCCCc2ccccc2)cc(C(=O)Nc2ccc(Cl)cc2)n1. The molecule has 0 saturated heterocycles. The number of hydrogen-bond donors (Lipinski definition) is 2. The number of nitrogens with one attached hydrogen (secondary N) is 2. The maximum absolute atomic E-state index is 12.5. The molecule has 1 heterocycles. The van der Waals surface area contributed by atoms with E-state index in [2.05, 4.69) is 32.7 Å². The van der Waals surface area contributed by atoms with Crippen molar-refractivity contribution in [2.75, 3.05) is 17.2 Å². The Balaban J connectivity index is 1.58. The van der Waals surface area contributed by atoms with E-state index in [1.165, 1.54) is 5.56 Å². The summed E-state index contributed by atoms with van der Waals surface area (Å²) < 4.78 is 0. The van der Waals surface area contributed by atoms with E-state index < -0.39 is 0 Å². The van der Waals surface area contributed by atoms with Crippen LogP contribution in [0, 0.1) is 6.92 Å². The van der Waals surface area contributed by atoms with Crippen LogP contribution in [0.4, 0.5) is 11.5 Å². The molecule has 0 aliphatic carbocycles. The Morgan fingerprint density at radius 3 is 2.52 bits per heavy atom. The fourth-order valence-electron chi connectivity index (χ4n) is 2.66. The number of anilines is 2. The van der Waals surface area contributed by atoms with Crippen molar-refractivity contribution in [3.05, 3.63) is 82.8 Å². The zero-order valence-corrected chi connectivity index (χ0v) is 15.8. The van der Waals surface area contributed by atoms with E-state index in [-0.39, 0.29) is 5.91 Å². The zero-order chi connectivity index (χ0) is 19.1. The minimum atomic E-state index is -0.282. The molecule has 0 saturated carbocycles. The lowest BCUT2D eigenvalue weighted by molar-refractivity contribution is 0.102. The van der Waals surface area contributed by atoms with Crippen LogP contribution >= 0.6 is 11.6 Å². The molecule has 5 nitrogen and oxygen atoms in total. The molecule has 0 aliphatic heterocycles. The number of carbonyl (C=O) groups excluding carboxylic acids is 1. The molecule has 2 N–H and O–H groups in total. The first-order valence-corrected chi connectivity index (χ1v) is 9.18. The molecular formula is C21H21ClN4O. The molecule has 0 radical (unpaired) electrons. The van der Waals surface area contributed by atoms with E-state index in [9.17, 15) is 4.79 Å². The third kappa shape index (κ3) is 5.79. The van der Waals surface area contributed by atoms with Crippen molar-refractivity contribution in [1.29, 1.82) is 0 Å². The van der Waals surface area contributed by atoms with Gasteiger partial charge in [-0.15, -0.1) is 0 Å². The summed E-state index contributed by atoms with van der Waals surface area (Å²) in [5, 5.41) is 6.71. The van der Waals surface area contributed by atoms with Crippen molar-refractivity contribution in [3.8, 4) is 0 Å². The quantitative estimate of drug-likeness (QED) is 0.581. The third-order valence-corrected chi connectivity index (χ3v) is 4.22. The minimum absolute atomic E-state index is 0.282. The van der Waals surface area contributed by atoms with Crippen LogP contribution in [-0.2, 0) is 6.42 Å². The standard InChI is InChI=1S/C21H21ClN4O/c1-15-24-19(21(27)26-18-11-9-17(22)10-12-18)14-20(25-15)23-13-5-8-16-6-3-2-4-7-16/h2-4,6-7,9-12,14H,5,8,13H2,1H3,(H,26,27)(H,23,24,25). The minimum Gasteiger partial charge on any atom is -0.370 e. The molecule has 1 amide bonds. The summed E-state index contributed by atoms with van der Waals surface area (Å²) in [5.74, 6) is 0.913. The third-order valence-electron chi connectivity index (χ3n) is 3.96. The van der Waals surface area contributed by atoms with Crippen LogP contribution in [-0.4, -0.2) is 22.4 Å². The Hall–Kier alpha value is -2.92. The summed E-state index contributed by atoms with van der Waals surface area (Å²) in [4.78, 5) is 21.1. The molecule has 0 bridgehead atoms. The molecule has 0 atom stereocenters. The predicted molar refractivity (Wildman–Crippen MR) is 109 cm³/mol. The van der Waals surface area contributed by atoms with Crippen LogP contribution in [0.15, 0.2) is 60.7 Å². The fourth-order valence-corrected chi connectivity index (χ4v) is 2.78. The smallest absolute Gasteiger partial charge is 0.274 e. The Labute approximate surface area is 163 Å². The van der Waals surface area contributed by atoms with Crippen LogP contribution in [0.25, 0.3) is 0 Å². The maximum atomic E-state index is 12.5. The second kappa shape index (κ2) is 9.14. The Morgan fingerprint density at radius 1 is 1.04 bits per heavy atom. The summed E-state index contributed by atoms with van der Waals surface area (Å²) in [6, 6.07) is 19.0. The lowest BCUT2D eigenvalue weighted by atomic mass is 10.1. The van der Waals surface area contributed by atoms with Crippen LogP contribution in [0.5, 0.6) is 0 Å². The second-order valence-electron chi connectivity index (χ2n) is 6.16. The lowest BCUT2D eigenvalue weighted by Crippen LogP contribution is -2.16. The van der Waals surface area contributed by atoms with Gasteiger partial charge in [0.15, 0.2) is 0 Å². The van der Waals surface area contributed by atoms with E-state index in [0.717, 1.165) is 19.4 Å². The number of nitrogens with zero attached hydrogens (tertiary/aromatic N) is 2. The van der Waals surface area contributed by atoms with Gasteiger partial charge in [-0.25, -0.2) is 9.97 Å². The van der Waals surface area contributed by atoms with Crippen molar-refractivity contribution < 1.29 is 4.79 Å². The van der Waals surface area contributed by atoms with E-state index in [1.54, 1.807) is 37.3 Å². The van der Waals surface area contributed by atoms with Gasteiger partial charge in [-0.1, -0.05) is 41.9 Å². The number of halogens is 1. The first-order chi connectivity index (χ1) is 13.1. The summed E-state index contributed by atoms with van der Waals surface area (Å²) in [7, 11) is 0. The molecule has 3 aromatic rings. The topological polar surface area (TPSA) is 66.9 Å². The van der Waals surface area contributed by atoms with Gasteiger partial charge in [0, 0.05) is 23.3 Å². The molecule has 0 aliphatic rings. The van der Waals surface area contributed by atoms with Crippen LogP contribution in [0.3, 0.4) is 0 Å². The van der Waals surface area contributed by atoms with Gasteiger partial charge in [0.25, 0.3) is 5.91 Å². The Kier molecular flexibility index (Phi) is 6.39. The fraction of sp³-hybridized carbons (Fsp3) is 0.190. The molecule has 6 heteroatoms. The van der Waals surface area contributed by atoms with Gasteiger partial charge in [0.2, 0.25) is 0 Å². The number of aryl methyl sites for hydroxylation is 2. The maximum Gasteiger partial charge on any atom is 0.274 e. The number of aromatic nitrogens is 2. The summed E-state index contributed by atoms with van der Waals surface area (Å²) >= 11 is 5.86. The number of hydrogen-bond acceptors (Lipinski definition) is 4. The van der Waals surface area contributed by atoms with Crippen LogP contribution < -0.4 is 10.6 Å².